The summed E-state index contributed by atoms with van der Waals surface area (Å²) in [4.78, 5) is 0. The zero-order chi connectivity index (χ0) is 12.8. The predicted molar refractivity (Wildman–Crippen MR) is 73.5 cm³/mol. The molecule has 96 valence electrons. The molecule has 1 rings (SSSR count). The molecular formula is C13H21NO2S. The van der Waals surface area contributed by atoms with Gasteiger partial charge in [-0.15, -0.1) is 0 Å². The highest BCUT2D eigenvalue weighted by molar-refractivity contribution is 7.99. The minimum absolute atomic E-state index is 0.162. The van der Waals surface area contributed by atoms with Crippen LogP contribution in [-0.2, 0) is 6.54 Å². The molecule has 0 spiro atoms. The Hall–Kier alpha value is -0.710. The van der Waals surface area contributed by atoms with E-state index >= 15 is 0 Å². The summed E-state index contributed by atoms with van der Waals surface area (Å²) in [7, 11) is 0. The predicted octanol–water partition coefficient (Wildman–Crippen LogP) is 1.90. The summed E-state index contributed by atoms with van der Waals surface area (Å²) in [6, 6.07) is 5.78. The Bertz CT molecular complexity index is 353. The first-order valence-electron chi connectivity index (χ1n) is 5.74. The fraction of sp³-hybridized carbons (Fsp3) is 0.538. The molecule has 0 saturated heterocycles. The van der Waals surface area contributed by atoms with Crippen molar-refractivity contribution in [1.82, 2.24) is 5.32 Å². The van der Waals surface area contributed by atoms with Crippen LogP contribution >= 0.6 is 11.8 Å². The molecule has 3 N–H and O–H groups in total. The molecule has 0 bridgehead atoms. The van der Waals surface area contributed by atoms with E-state index in [-0.39, 0.29) is 17.9 Å². The van der Waals surface area contributed by atoms with Crippen LogP contribution in [0.1, 0.15) is 18.1 Å². The summed E-state index contributed by atoms with van der Waals surface area (Å²) in [5, 5.41) is 22.4. The molecule has 4 heteroatoms. The molecule has 0 fully saturated rings. The molecule has 0 heterocycles. The third kappa shape index (κ3) is 4.22. The van der Waals surface area contributed by atoms with E-state index in [1.165, 1.54) is 0 Å². The maximum Gasteiger partial charge on any atom is 0.120 e. The van der Waals surface area contributed by atoms with Crippen LogP contribution in [0.2, 0.25) is 0 Å². The number of hydrogen-bond acceptors (Lipinski definition) is 4. The first kappa shape index (κ1) is 14.4. The second-order valence-corrected chi connectivity index (χ2v) is 5.34. The van der Waals surface area contributed by atoms with Crippen LogP contribution in [0, 0.1) is 6.92 Å². The van der Waals surface area contributed by atoms with Gasteiger partial charge in [-0.2, -0.15) is 11.8 Å². The Kier molecular flexibility index (Phi) is 5.82. The maximum atomic E-state index is 9.71. The van der Waals surface area contributed by atoms with Crippen molar-refractivity contribution >= 4 is 11.8 Å². The Morgan fingerprint density at radius 1 is 1.41 bits per heavy atom. The largest absolute Gasteiger partial charge is 0.508 e. The number of aromatic hydroxyl groups is 1. The van der Waals surface area contributed by atoms with Crippen molar-refractivity contribution in [2.45, 2.75) is 31.7 Å². The smallest absolute Gasteiger partial charge is 0.120 e. The number of aliphatic hydroxyl groups excluding tert-OH is 1. The molecule has 0 amide bonds. The lowest BCUT2D eigenvalue weighted by Gasteiger charge is -2.21. The number of aryl methyl sites for hydroxylation is 1. The summed E-state index contributed by atoms with van der Waals surface area (Å²) >= 11 is 1.65. The molecule has 3 nitrogen and oxygen atoms in total. The highest BCUT2D eigenvalue weighted by atomic mass is 32.2. The lowest BCUT2D eigenvalue weighted by molar-refractivity contribution is 0.275. The molecule has 1 aromatic carbocycles. The summed E-state index contributed by atoms with van der Waals surface area (Å²) in [5.41, 5.74) is 2.03. The average molecular weight is 255 g/mol. The van der Waals surface area contributed by atoms with E-state index in [4.69, 9.17) is 0 Å². The molecule has 17 heavy (non-hydrogen) atoms. The van der Waals surface area contributed by atoms with E-state index < -0.39 is 0 Å². The molecule has 0 aliphatic heterocycles. The van der Waals surface area contributed by atoms with E-state index in [1.54, 1.807) is 17.8 Å². The molecule has 2 atom stereocenters. The van der Waals surface area contributed by atoms with Gasteiger partial charge in [0.05, 0.1) is 6.61 Å². The normalized spacial score (nSPS) is 14.6. The lowest BCUT2D eigenvalue weighted by Crippen LogP contribution is -2.37. The van der Waals surface area contributed by atoms with Crippen molar-refractivity contribution in [2.75, 3.05) is 12.9 Å². The molecule has 0 saturated carbocycles. The highest BCUT2D eigenvalue weighted by Crippen LogP contribution is 2.18. The quantitative estimate of drug-likeness (QED) is 0.727. The van der Waals surface area contributed by atoms with Gasteiger partial charge in [0.2, 0.25) is 0 Å². The van der Waals surface area contributed by atoms with Gasteiger partial charge < -0.3 is 15.5 Å². The Balaban J connectivity index is 2.57. The number of thioether (sulfide) groups is 1. The summed E-state index contributed by atoms with van der Waals surface area (Å²) < 4.78 is 0. The van der Waals surface area contributed by atoms with Crippen LogP contribution < -0.4 is 5.32 Å². The Morgan fingerprint density at radius 2 is 2.12 bits per heavy atom. The van der Waals surface area contributed by atoms with Crippen LogP contribution in [0.5, 0.6) is 5.75 Å². The van der Waals surface area contributed by atoms with Gasteiger partial charge in [-0.1, -0.05) is 17.7 Å². The van der Waals surface area contributed by atoms with Crippen molar-refractivity contribution in [3.8, 4) is 5.75 Å². The number of benzene rings is 1. The van der Waals surface area contributed by atoms with E-state index in [0.29, 0.717) is 12.3 Å². The minimum atomic E-state index is 0.162. The van der Waals surface area contributed by atoms with Crippen LogP contribution in [0.25, 0.3) is 0 Å². The molecule has 2 unspecified atom stereocenters. The fourth-order valence-corrected chi connectivity index (χ4v) is 2.35. The van der Waals surface area contributed by atoms with Gasteiger partial charge in [0.15, 0.2) is 0 Å². The second kappa shape index (κ2) is 6.89. The molecule has 0 aliphatic rings. The van der Waals surface area contributed by atoms with E-state index in [9.17, 15) is 10.2 Å². The van der Waals surface area contributed by atoms with Crippen molar-refractivity contribution in [3.05, 3.63) is 29.3 Å². The van der Waals surface area contributed by atoms with Crippen molar-refractivity contribution in [1.29, 1.82) is 0 Å². The number of phenolic OH excluding ortho intramolecular Hbond substituents is 1. The SMILES string of the molecule is CSC(CO)C(C)NCc1cc(C)ccc1O. The van der Waals surface area contributed by atoms with Crippen molar-refractivity contribution in [3.63, 3.8) is 0 Å². The number of phenols is 1. The number of nitrogens with one attached hydrogen (secondary N) is 1. The number of hydrogen-bond donors (Lipinski definition) is 3. The van der Waals surface area contributed by atoms with E-state index in [1.807, 2.05) is 32.2 Å². The maximum absolute atomic E-state index is 9.71. The van der Waals surface area contributed by atoms with Crippen LogP contribution in [0.4, 0.5) is 0 Å². The van der Waals surface area contributed by atoms with E-state index in [0.717, 1.165) is 11.1 Å². The van der Waals surface area contributed by atoms with Crippen LogP contribution in [-0.4, -0.2) is 34.4 Å². The zero-order valence-electron chi connectivity index (χ0n) is 10.6. The molecule has 1 aromatic rings. The molecular weight excluding hydrogens is 234 g/mol. The average Bonchev–Trinajstić information content (AvgIpc) is 2.32. The topological polar surface area (TPSA) is 52.5 Å². The number of aliphatic hydroxyl groups is 1. The lowest BCUT2D eigenvalue weighted by atomic mass is 10.1. The Labute approximate surface area is 107 Å². The van der Waals surface area contributed by atoms with Crippen LogP contribution in [0.3, 0.4) is 0 Å². The highest BCUT2D eigenvalue weighted by Gasteiger charge is 2.14. The minimum Gasteiger partial charge on any atom is -0.508 e. The van der Waals surface area contributed by atoms with Gasteiger partial charge in [0.1, 0.15) is 5.75 Å². The molecule has 0 aromatic heterocycles. The zero-order valence-corrected chi connectivity index (χ0v) is 11.4. The van der Waals surface area contributed by atoms with Gasteiger partial charge in [-0.05, 0) is 26.2 Å². The molecule has 0 aliphatic carbocycles. The summed E-state index contributed by atoms with van der Waals surface area (Å²) in [5.74, 6) is 0.319. The van der Waals surface area contributed by atoms with Gasteiger partial charge in [0, 0.05) is 23.4 Å². The third-order valence-electron chi connectivity index (χ3n) is 2.89. The first-order chi connectivity index (χ1) is 8.08. The standard InChI is InChI=1S/C13H21NO2S/c1-9-4-5-12(16)11(6-9)7-14-10(2)13(8-15)17-3/h4-6,10,13-16H,7-8H2,1-3H3. The van der Waals surface area contributed by atoms with Crippen molar-refractivity contribution < 1.29 is 10.2 Å². The van der Waals surface area contributed by atoms with Gasteiger partial charge in [-0.3, -0.25) is 0 Å². The molecule has 0 radical (unpaired) electrons. The van der Waals surface area contributed by atoms with Gasteiger partial charge in [-0.25, -0.2) is 0 Å². The summed E-state index contributed by atoms with van der Waals surface area (Å²) in [6.07, 6.45) is 1.99. The second-order valence-electron chi connectivity index (χ2n) is 4.26. The van der Waals surface area contributed by atoms with Gasteiger partial charge in [0.25, 0.3) is 0 Å². The van der Waals surface area contributed by atoms with Crippen LogP contribution in [0.15, 0.2) is 18.2 Å². The third-order valence-corrected chi connectivity index (χ3v) is 4.05. The fourth-order valence-electron chi connectivity index (χ4n) is 1.70. The van der Waals surface area contributed by atoms with Gasteiger partial charge >= 0.3 is 0 Å². The van der Waals surface area contributed by atoms with E-state index in [2.05, 4.69) is 5.32 Å². The monoisotopic (exact) mass is 255 g/mol. The van der Waals surface area contributed by atoms with Crippen molar-refractivity contribution in [2.24, 2.45) is 0 Å². The summed E-state index contributed by atoms with van der Waals surface area (Å²) in [6.45, 7) is 4.83. The number of rotatable bonds is 6. The Morgan fingerprint density at radius 3 is 2.71 bits per heavy atom. The first-order valence-corrected chi connectivity index (χ1v) is 7.02.